The highest BCUT2D eigenvalue weighted by atomic mass is 35.5. The number of hydrogen-bond acceptors (Lipinski definition) is 3. The summed E-state index contributed by atoms with van der Waals surface area (Å²) in [6.07, 6.45) is 2.46. The van der Waals surface area contributed by atoms with Crippen molar-refractivity contribution in [1.82, 2.24) is 10.2 Å². The largest absolute Gasteiger partial charge is 0.497 e. The topological polar surface area (TPSA) is 36.5 Å². The van der Waals surface area contributed by atoms with Gasteiger partial charge in [-0.1, -0.05) is 29.8 Å². The number of rotatable bonds is 6. The Balaban J connectivity index is 1.63. The van der Waals surface area contributed by atoms with E-state index < -0.39 is 0 Å². The molecule has 1 aliphatic heterocycles. The highest BCUT2D eigenvalue weighted by Crippen LogP contribution is 2.29. The molecule has 0 spiro atoms. The molecule has 1 heterocycles. The predicted octanol–water partition coefficient (Wildman–Crippen LogP) is 4.47. The Morgan fingerprint density at radius 1 is 1.15 bits per heavy atom. The smallest absolute Gasteiger partial charge is 0.170 e. The van der Waals surface area contributed by atoms with Crippen LogP contribution >= 0.6 is 23.8 Å². The van der Waals surface area contributed by atoms with Crippen LogP contribution in [0.5, 0.6) is 5.75 Å². The average Bonchev–Trinajstić information content (AvgIpc) is 3.18. The van der Waals surface area contributed by atoms with Crippen molar-refractivity contribution in [2.24, 2.45) is 0 Å². The molecule has 2 N–H and O–H groups in total. The molecule has 138 valence electrons. The minimum atomic E-state index is 0.210. The quantitative estimate of drug-likeness (QED) is 0.713. The van der Waals surface area contributed by atoms with Crippen molar-refractivity contribution in [3.05, 3.63) is 59.1 Å². The van der Waals surface area contributed by atoms with Gasteiger partial charge in [0.2, 0.25) is 0 Å². The minimum Gasteiger partial charge on any atom is -0.497 e. The van der Waals surface area contributed by atoms with E-state index in [0.717, 1.165) is 35.1 Å². The number of nitrogens with one attached hydrogen (secondary N) is 2. The molecule has 1 saturated heterocycles. The third-order valence-corrected chi connectivity index (χ3v) is 5.24. The van der Waals surface area contributed by atoms with Gasteiger partial charge in [-0.05, 0) is 74.0 Å². The minimum absolute atomic E-state index is 0.210. The van der Waals surface area contributed by atoms with Gasteiger partial charge < -0.3 is 15.4 Å². The number of thiocarbonyl (C=S) groups is 1. The molecule has 2 aromatic carbocycles. The van der Waals surface area contributed by atoms with Gasteiger partial charge in [0.05, 0.1) is 13.2 Å². The number of likely N-dealkylation sites (tertiary alicyclic amines) is 1. The summed E-state index contributed by atoms with van der Waals surface area (Å²) >= 11 is 11.9. The van der Waals surface area contributed by atoms with Crippen molar-refractivity contribution in [3.63, 3.8) is 0 Å². The zero-order valence-corrected chi connectivity index (χ0v) is 16.4. The molecule has 0 unspecified atom stereocenters. The van der Waals surface area contributed by atoms with Crippen molar-refractivity contribution < 1.29 is 4.74 Å². The number of anilines is 1. The fraction of sp³-hybridized carbons (Fsp3) is 0.350. The molecule has 3 rings (SSSR count). The normalized spacial score (nSPS) is 15.5. The fourth-order valence-corrected chi connectivity index (χ4v) is 3.74. The van der Waals surface area contributed by atoms with Gasteiger partial charge in [-0.25, -0.2) is 0 Å². The predicted molar refractivity (Wildman–Crippen MR) is 112 cm³/mol. The molecule has 0 bridgehead atoms. The molecule has 26 heavy (non-hydrogen) atoms. The maximum Gasteiger partial charge on any atom is 0.170 e. The van der Waals surface area contributed by atoms with Gasteiger partial charge >= 0.3 is 0 Å². The first-order valence-corrected chi connectivity index (χ1v) is 9.63. The van der Waals surface area contributed by atoms with Gasteiger partial charge in [-0.15, -0.1) is 0 Å². The van der Waals surface area contributed by atoms with Crippen LogP contribution in [0.4, 0.5) is 5.69 Å². The number of nitrogens with zero attached hydrogens (tertiary/aromatic N) is 1. The highest BCUT2D eigenvalue weighted by molar-refractivity contribution is 7.80. The molecular weight excluding hydrogens is 366 g/mol. The summed E-state index contributed by atoms with van der Waals surface area (Å²) < 4.78 is 5.18. The van der Waals surface area contributed by atoms with E-state index in [9.17, 15) is 0 Å². The van der Waals surface area contributed by atoms with E-state index in [4.69, 9.17) is 28.6 Å². The van der Waals surface area contributed by atoms with Crippen LogP contribution in [-0.4, -0.2) is 36.8 Å². The Labute approximate surface area is 165 Å². The molecular formula is C20H24ClN3OS. The second kappa shape index (κ2) is 9.21. The summed E-state index contributed by atoms with van der Waals surface area (Å²) in [7, 11) is 1.65. The van der Waals surface area contributed by atoms with Crippen LogP contribution in [0.1, 0.15) is 24.4 Å². The zero-order chi connectivity index (χ0) is 18.4. The molecule has 0 aliphatic carbocycles. The lowest BCUT2D eigenvalue weighted by Gasteiger charge is -2.29. The van der Waals surface area contributed by atoms with E-state index in [-0.39, 0.29) is 6.04 Å². The number of benzene rings is 2. The number of hydrogen-bond donors (Lipinski definition) is 2. The van der Waals surface area contributed by atoms with E-state index in [1.165, 1.54) is 12.8 Å². The Kier molecular flexibility index (Phi) is 6.72. The highest BCUT2D eigenvalue weighted by Gasteiger charge is 2.25. The van der Waals surface area contributed by atoms with Crippen molar-refractivity contribution in [3.8, 4) is 5.75 Å². The van der Waals surface area contributed by atoms with E-state index >= 15 is 0 Å². The van der Waals surface area contributed by atoms with Gasteiger partial charge in [0.25, 0.3) is 0 Å². The molecule has 0 aromatic heterocycles. The first-order chi connectivity index (χ1) is 12.7. The van der Waals surface area contributed by atoms with Crippen LogP contribution in [0, 0.1) is 0 Å². The second-order valence-electron chi connectivity index (χ2n) is 6.34. The summed E-state index contributed by atoms with van der Waals surface area (Å²) in [4.78, 5) is 2.48. The lowest BCUT2D eigenvalue weighted by Crippen LogP contribution is -2.38. The first-order valence-electron chi connectivity index (χ1n) is 8.85. The lowest BCUT2D eigenvalue weighted by atomic mass is 10.1. The number of halogens is 1. The van der Waals surface area contributed by atoms with Crippen molar-refractivity contribution in [1.29, 1.82) is 0 Å². The molecule has 2 aromatic rings. The molecule has 0 saturated carbocycles. The van der Waals surface area contributed by atoms with E-state index in [1.807, 2.05) is 42.5 Å². The first kappa shape index (κ1) is 19.0. The molecule has 0 amide bonds. The summed E-state index contributed by atoms with van der Waals surface area (Å²) in [5, 5.41) is 7.98. The molecule has 4 nitrogen and oxygen atoms in total. The maximum absolute atomic E-state index is 6.46. The summed E-state index contributed by atoms with van der Waals surface area (Å²) in [5.74, 6) is 0.822. The molecule has 1 atom stereocenters. The van der Waals surface area contributed by atoms with Crippen LogP contribution in [-0.2, 0) is 0 Å². The average molecular weight is 390 g/mol. The van der Waals surface area contributed by atoms with Gasteiger partial charge in [0.15, 0.2) is 5.11 Å². The van der Waals surface area contributed by atoms with Gasteiger partial charge in [0, 0.05) is 17.3 Å². The van der Waals surface area contributed by atoms with E-state index in [0.29, 0.717) is 11.7 Å². The Morgan fingerprint density at radius 2 is 1.85 bits per heavy atom. The molecule has 1 fully saturated rings. The van der Waals surface area contributed by atoms with Crippen molar-refractivity contribution in [2.45, 2.75) is 18.9 Å². The maximum atomic E-state index is 6.46. The lowest BCUT2D eigenvalue weighted by molar-refractivity contribution is 0.246. The standard InChI is InChI=1S/C20H24ClN3OS/c1-25-16-10-8-15(9-11-16)23-20(26)22-14-19(24-12-4-5-13-24)17-6-2-3-7-18(17)21/h2-3,6-11,19H,4-5,12-14H2,1H3,(H2,22,23,26)/t19-/m0/s1. The van der Waals surface area contributed by atoms with Crippen LogP contribution < -0.4 is 15.4 Å². The van der Waals surface area contributed by atoms with Gasteiger partial charge in [-0.3, -0.25) is 4.90 Å². The third-order valence-electron chi connectivity index (χ3n) is 4.65. The molecule has 0 radical (unpaired) electrons. The van der Waals surface area contributed by atoms with Crippen molar-refractivity contribution >= 4 is 34.6 Å². The van der Waals surface area contributed by atoms with Crippen LogP contribution in [0.2, 0.25) is 5.02 Å². The Hall–Kier alpha value is -1.82. The van der Waals surface area contributed by atoms with E-state index in [1.54, 1.807) is 7.11 Å². The van der Waals surface area contributed by atoms with Crippen LogP contribution in [0.15, 0.2) is 48.5 Å². The monoisotopic (exact) mass is 389 g/mol. The fourth-order valence-electron chi connectivity index (χ4n) is 3.27. The second-order valence-corrected chi connectivity index (χ2v) is 7.16. The van der Waals surface area contributed by atoms with Gasteiger partial charge in [-0.2, -0.15) is 0 Å². The number of ether oxygens (including phenoxy) is 1. The van der Waals surface area contributed by atoms with Crippen molar-refractivity contribution in [2.75, 3.05) is 32.1 Å². The molecule has 1 aliphatic rings. The third kappa shape index (κ3) is 4.87. The SMILES string of the molecule is COc1ccc(NC(=S)NC[C@@H](c2ccccc2Cl)N2CCCC2)cc1. The Bertz CT molecular complexity index is 732. The van der Waals surface area contributed by atoms with E-state index in [2.05, 4.69) is 21.6 Å². The van der Waals surface area contributed by atoms with Gasteiger partial charge in [0.1, 0.15) is 5.75 Å². The van der Waals surface area contributed by atoms with Crippen LogP contribution in [0.25, 0.3) is 0 Å². The molecule has 6 heteroatoms. The number of methoxy groups -OCH3 is 1. The summed E-state index contributed by atoms with van der Waals surface area (Å²) in [6, 6.07) is 16.0. The van der Waals surface area contributed by atoms with Crippen LogP contribution in [0.3, 0.4) is 0 Å². The summed E-state index contributed by atoms with van der Waals surface area (Å²) in [5.41, 5.74) is 2.08. The summed E-state index contributed by atoms with van der Waals surface area (Å²) in [6.45, 7) is 2.90. The Morgan fingerprint density at radius 3 is 2.50 bits per heavy atom. The zero-order valence-electron chi connectivity index (χ0n) is 14.9.